The summed E-state index contributed by atoms with van der Waals surface area (Å²) in [4.78, 5) is 33.0. The van der Waals surface area contributed by atoms with E-state index in [4.69, 9.17) is 0 Å². The maximum atomic E-state index is 10.2. The van der Waals surface area contributed by atoms with E-state index in [1.54, 1.807) is 6.92 Å². The number of piperazine rings is 1. The molecule has 1 atom stereocenters. The molecule has 0 aromatic carbocycles. The second kappa shape index (κ2) is 7.69. The van der Waals surface area contributed by atoms with Gasteiger partial charge in [-0.25, -0.2) is 0 Å². The van der Waals surface area contributed by atoms with Crippen LogP contribution in [0.25, 0.3) is 0 Å². The molecule has 10 heteroatoms. The monoisotopic (exact) mass is 278 g/mol. The van der Waals surface area contributed by atoms with Crippen LogP contribution in [0.5, 0.6) is 0 Å². The van der Waals surface area contributed by atoms with Crippen LogP contribution in [0.3, 0.4) is 0 Å². The molecule has 0 N–H and O–H groups in total. The lowest BCUT2D eigenvalue weighted by Crippen LogP contribution is -2.49. The minimum absolute atomic E-state index is 0.0633. The minimum atomic E-state index is -0.799. The molecule has 1 fully saturated rings. The molecule has 1 aliphatic heterocycles. The Morgan fingerprint density at radius 1 is 1.11 bits per heavy atom. The standard InChI is InChI=1S/C9H18N4O6/c1-9(19-13(16)17)8-11-4-2-10(3-5-11)6-7-18-12(14)15/h9H,2-8H2,1H3. The molecule has 0 aromatic heterocycles. The first-order chi connectivity index (χ1) is 8.97. The van der Waals surface area contributed by atoms with Crippen LogP contribution >= 0.6 is 0 Å². The van der Waals surface area contributed by atoms with Crippen LogP contribution in [0, 0.1) is 20.2 Å². The molecule has 0 radical (unpaired) electrons. The molecule has 1 aliphatic rings. The molecule has 1 heterocycles. The van der Waals surface area contributed by atoms with Crippen molar-refractivity contribution < 1.29 is 19.8 Å². The molecule has 1 saturated heterocycles. The Hall–Kier alpha value is -1.68. The minimum Gasteiger partial charge on any atom is -0.313 e. The van der Waals surface area contributed by atoms with Gasteiger partial charge in [0, 0.05) is 39.3 Å². The van der Waals surface area contributed by atoms with Crippen molar-refractivity contribution in [2.45, 2.75) is 13.0 Å². The van der Waals surface area contributed by atoms with E-state index in [0.717, 1.165) is 26.2 Å². The highest BCUT2D eigenvalue weighted by molar-refractivity contribution is 4.73. The van der Waals surface area contributed by atoms with Gasteiger partial charge in [0.2, 0.25) is 0 Å². The topological polar surface area (TPSA) is 111 Å². The average Bonchev–Trinajstić information content (AvgIpc) is 2.29. The van der Waals surface area contributed by atoms with Crippen molar-refractivity contribution in [3.63, 3.8) is 0 Å². The normalized spacial score (nSPS) is 18.8. The Morgan fingerprint density at radius 3 is 2.21 bits per heavy atom. The molecule has 0 saturated carbocycles. The van der Waals surface area contributed by atoms with Gasteiger partial charge in [-0.05, 0) is 6.92 Å². The van der Waals surface area contributed by atoms with Crippen LogP contribution in [0.4, 0.5) is 0 Å². The van der Waals surface area contributed by atoms with Gasteiger partial charge in [0.1, 0.15) is 12.7 Å². The third-order valence-electron chi connectivity index (χ3n) is 2.85. The molecular weight excluding hydrogens is 260 g/mol. The maximum absolute atomic E-state index is 10.2. The van der Waals surface area contributed by atoms with Crippen LogP contribution < -0.4 is 0 Å². The summed E-state index contributed by atoms with van der Waals surface area (Å²) >= 11 is 0. The Kier molecular flexibility index (Phi) is 6.22. The van der Waals surface area contributed by atoms with E-state index in [1.807, 2.05) is 0 Å². The van der Waals surface area contributed by atoms with Crippen LogP contribution in [-0.4, -0.2) is 72.0 Å². The van der Waals surface area contributed by atoms with Gasteiger partial charge in [-0.1, -0.05) is 0 Å². The Labute approximate surface area is 110 Å². The van der Waals surface area contributed by atoms with Crippen molar-refractivity contribution in [2.24, 2.45) is 0 Å². The number of hydrogen-bond acceptors (Lipinski definition) is 8. The quantitative estimate of drug-likeness (QED) is 0.428. The van der Waals surface area contributed by atoms with E-state index in [0.29, 0.717) is 13.1 Å². The number of hydrogen-bond donors (Lipinski definition) is 0. The van der Waals surface area contributed by atoms with Crippen LogP contribution in [0.1, 0.15) is 6.92 Å². The predicted octanol–water partition coefficient (Wildman–Crippen LogP) is -0.591. The molecule has 1 rings (SSSR count). The first kappa shape index (κ1) is 15.4. The maximum Gasteiger partial charge on any atom is 0.294 e. The van der Waals surface area contributed by atoms with E-state index < -0.39 is 16.3 Å². The molecule has 0 aromatic rings. The van der Waals surface area contributed by atoms with Gasteiger partial charge in [-0.3, -0.25) is 9.80 Å². The van der Waals surface area contributed by atoms with Gasteiger partial charge in [-0.15, -0.1) is 20.2 Å². The summed E-state index contributed by atoms with van der Waals surface area (Å²) in [5.74, 6) is 0. The molecular formula is C9H18N4O6. The van der Waals surface area contributed by atoms with Crippen molar-refractivity contribution in [3.05, 3.63) is 20.2 Å². The van der Waals surface area contributed by atoms with Crippen LogP contribution in [0.2, 0.25) is 0 Å². The van der Waals surface area contributed by atoms with Gasteiger partial charge in [0.05, 0.1) is 0 Å². The summed E-state index contributed by atoms with van der Waals surface area (Å²) in [6.07, 6.45) is -0.459. The highest BCUT2D eigenvalue weighted by Gasteiger charge is 2.19. The molecule has 0 spiro atoms. The Morgan fingerprint density at radius 2 is 1.68 bits per heavy atom. The zero-order valence-electron chi connectivity index (χ0n) is 10.8. The van der Waals surface area contributed by atoms with Crippen LogP contribution in [0.15, 0.2) is 0 Å². The zero-order chi connectivity index (χ0) is 14.3. The van der Waals surface area contributed by atoms with Crippen molar-refractivity contribution in [1.82, 2.24) is 9.80 Å². The van der Waals surface area contributed by atoms with E-state index in [2.05, 4.69) is 19.5 Å². The van der Waals surface area contributed by atoms with Gasteiger partial charge in [-0.2, -0.15) is 0 Å². The van der Waals surface area contributed by atoms with Crippen molar-refractivity contribution in [2.75, 3.05) is 45.9 Å². The van der Waals surface area contributed by atoms with Gasteiger partial charge < -0.3 is 9.68 Å². The first-order valence-corrected chi connectivity index (χ1v) is 6.00. The van der Waals surface area contributed by atoms with Crippen molar-refractivity contribution in [3.8, 4) is 0 Å². The molecule has 110 valence electrons. The Bertz CT molecular complexity index is 307. The fourth-order valence-electron chi connectivity index (χ4n) is 1.98. The lowest BCUT2D eigenvalue weighted by molar-refractivity contribution is -0.767. The summed E-state index contributed by atoms with van der Waals surface area (Å²) in [6.45, 7) is 5.75. The first-order valence-electron chi connectivity index (χ1n) is 6.00. The SMILES string of the molecule is CC(CN1CCN(CCO[N+](=O)[O-])CC1)O[N+](=O)[O-]. The largest absolute Gasteiger partial charge is 0.313 e. The van der Waals surface area contributed by atoms with E-state index >= 15 is 0 Å². The molecule has 0 aliphatic carbocycles. The molecule has 0 amide bonds. The summed E-state index contributed by atoms with van der Waals surface area (Å²) in [6, 6.07) is 0. The van der Waals surface area contributed by atoms with E-state index in [9.17, 15) is 20.2 Å². The fourth-order valence-corrected chi connectivity index (χ4v) is 1.98. The van der Waals surface area contributed by atoms with Crippen molar-refractivity contribution in [1.29, 1.82) is 0 Å². The second-order valence-corrected chi connectivity index (χ2v) is 4.34. The molecule has 1 unspecified atom stereocenters. The highest BCUT2D eigenvalue weighted by Crippen LogP contribution is 2.04. The third-order valence-corrected chi connectivity index (χ3v) is 2.85. The second-order valence-electron chi connectivity index (χ2n) is 4.34. The number of nitrogens with zero attached hydrogens (tertiary/aromatic N) is 4. The highest BCUT2D eigenvalue weighted by atomic mass is 17.0. The van der Waals surface area contributed by atoms with Crippen molar-refractivity contribution >= 4 is 0 Å². The fraction of sp³-hybridized carbons (Fsp3) is 1.00. The summed E-state index contributed by atoms with van der Waals surface area (Å²) in [5, 5.41) is 18.6. The number of rotatable bonds is 8. The van der Waals surface area contributed by atoms with Gasteiger partial charge >= 0.3 is 0 Å². The zero-order valence-corrected chi connectivity index (χ0v) is 10.8. The summed E-state index contributed by atoms with van der Waals surface area (Å²) in [5.41, 5.74) is 0. The van der Waals surface area contributed by atoms with E-state index in [-0.39, 0.29) is 6.61 Å². The molecule has 10 nitrogen and oxygen atoms in total. The van der Waals surface area contributed by atoms with Gasteiger partial charge in [0.25, 0.3) is 10.2 Å². The summed E-state index contributed by atoms with van der Waals surface area (Å²) < 4.78 is 0. The summed E-state index contributed by atoms with van der Waals surface area (Å²) in [7, 11) is 0. The molecule has 0 bridgehead atoms. The van der Waals surface area contributed by atoms with Gasteiger partial charge in [0.15, 0.2) is 0 Å². The van der Waals surface area contributed by atoms with E-state index in [1.165, 1.54) is 0 Å². The average molecular weight is 278 g/mol. The third kappa shape index (κ3) is 6.72. The Balaban J connectivity index is 2.14. The smallest absolute Gasteiger partial charge is 0.294 e. The lowest BCUT2D eigenvalue weighted by atomic mass is 10.3. The predicted molar refractivity (Wildman–Crippen MR) is 63.4 cm³/mol. The lowest BCUT2D eigenvalue weighted by Gasteiger charge is -2.35. The van der Waals surface area contributed by atoms with Crippen LogP contribution in [-0.2, 0) is 9.68 Å². The molecule has 19 heavy (non-hydrogen) atoms.